The van der Waals surface area contributed by atoms with E-state index in [1.165, 1.54) is 48.7 Å². The average Bonchev–Trinajstić information content (AvgIpc) is 2.95. The lowest BCUT2D eigenvalue weighted by Crippen LogP contribution is -2.31. The van der Waals surface area contributed by atoms with E-state index in [9.17, 15) is 26.8 Å². The van der Waals surface area contributed by atoms with E-state index in [0.29, 0.717) is 41.6 Å². The van der Waals surface area contributed by atoms with Gasteiger partial charge in [0.25, 0.3) is 21.8 Å². The zero-order valence-corrected chi connectivity index (χ0v) is 22.1. The second kappa shape index (κ2) is 11.9. The molecule has 0 saturated heterocycles. The van der Waals surface area contributed by atoms with Gasteiger partial charge in [-0.3, -0.25) is 19.5 Å². The van der Waals surface area contributed by atoms with Crippen molar-refractivity contribution in [1.29, 1.82) is 0 Å². The number of carbonyl (C=O) groups excluding carboxylic acids is 2. The quantitative estimate of drug-likeness (QED) is 0.307. The topological polar surface area (TPSA) is 115 Å². The summed E-state index contributed by atoms with van der Waals surface area (Å²) >= 11 is 0. The number of carbonyl (C=O) groups is 2. The molecular formula is C28H23F2N3O6S. The Bertz CT molecular complexity index is 1650. The van der Waals surface area contributed by atoms with Crippen molar-refractivity contribution in [1.82, 2.24) is 9.71 Å². The van der Waals surface area contributed by atoms with Crippen LogP contribution in [0.5, 0.6) is 11.5 Å². The normalized spacial score (nSPS) is 11.0. The summed E-state index contributed by atoms with van der Waals surface area (Å²) in [6.45, 7) is 2.16. The highest BCUT2D eigenvalue weighted by Crippen LogP contribution is 2.36. The molecule has 1 aromatic heterocycles. The van der Waals surface area contributed by atoms with E-state index in [1.54, 1.807) is 37.3 Å². The molecule has 12 heteroatoms. The Labute approximate surface area is 229 Å². The van der Waals surface area contributed by atoms with Gasteiger partial charge in [0.05, 0.1) is 29.9 Å². The molecule has 0 aliphatic rings. The smallest absolute Gasteiger partial charge is 0.264 e. The number of amides is 2. The first-order valence-electron chi connectivity index (χ1n) is 11.8. The summed E-state index contributed by atoms with van der Waals surface area (Å²) in [5, 5.41) is 0. The van der Waals surface area contributed by atoms with Crippen molar-refractivity contribution in [2.75, 3.05) is 18.6 Å². The minimum Gasteiger partial charge on any atom is -0.493 e. The Balaban J connectivity index is 1.67. The van der Waals surface area contributed by atoms with Crippen molar-refractivity contribution in [2.45, 2.75) is 11.8 Å². The van der Waals surface area contributed by atoms with Crippen molar-refractivity contribution >= 4 is 33.2 Å². The highest BCUT2D eigenvalue weighted by Gasteiger charge is 2.24. The molecule has 0 bridgehead atoms. The highest BCUT2D eigenvalue weighted by atomic mass is 32.2. The number of nitrogens with one attached hydrogen (secondary N) is 1. The van der Waals surface area contributed by atoms with Crippen molar-refractivity contribution in [3.8, 4) is 11.5 Å². The Morgan fingerprint density at radius 1 is 0.900 bits per heavy atom. The van der Waals surface area contributed by atoms with Crippen LogP contribution in [-0.4, -0.2) is 38.9 Å². The molecule has 0 aliphatic heterocycles. The number of methoxy groups -OCH3 is 1. The lowest BCUT2D eigenvalue weighted by atomic mass is 10.1. The lowest BCUT2D eigenvalue weighted by Gasteiger charge is -2.24. The van der Waals surface area contributed by atoms with E-state index in [1.807, 2.05) is 4.72 Å². The van der Waals surface area contributed by atoms with Crippen LogP contribution in [0.15, 0.2) is 90.1 Å². The van der Waals surface area contributed by atoms with Crippen molar-refractivity contribution in [3.05, 3.63) is 108 Å². The van der Waals surface area contributed by atoms with Crippen LogP contribution in [-0.2, 0) is 10.0 Å². The number of rotatable bonds is 9. The molecule has 4 aromatic rings. The molecule has 1 heterocycles. The summed E-state index contributed by atoms with van der Waals surface area (Å²) in [5.74, 6) is -3.16. The fourth-order valence-electron chi connectivity index (χ4n) is 3.72. The van der Waals surface area contributed by atoms with Crippen molar-refractivity contribution in [3.63, 3.8) is 0 Å². The second-order valence-electron chi connectivity index (χ2n) is 8.21. The molecule has 0 atom stereocenters. The SMILES string of the molecule is CCOc1cc(N(C(=O)c2cccnc2)c2ccc(C(=O)NS(=O)(=O)c3ccc(F)c(F)c3)cc2)ccc1OC. The van der Waals surface area contributed by atoms with Gasteiger partial charge in [-0.25, -0.2) is 21.9 Å². The summed E-state index contributed by atoms with van der Waals surface area (Å²) in [5.41, 5.74) is 1.00. The number of aromatic nitrogens is 1. The molecule has 1 N–H and O–H groups in total. The molecule has 0 saturated carbocycles. The van der Waals surface area contributed by atoms with Crippen molar-refractivity contribution in [2.24, 2.45) is 0 Å². The van der Waals surface area contributed by atoms with Gasteiger partial charge in [-0.15, -0.1) is 0 Å². The monoisotopic (exact) mass is 567 g/mol. The zero-order valence-electron chi connectivity index (χ0n) is 21.3. The van der Waals surface area contributed by atoms with Gasteiger partial charge in [0.2, 0.25) is 0 Å². The van der Waals surface area contributed by atoms with Gasteiger partial charge >= 0.3 is 0 Å². The fraction of sp³-hybridized carbons (Fsp3) is 0.107. The summed E-state index contributed by atoms with van der Waals surface area (Å²) in [7, 11) is -2.99. The highest BCUT2D eigenvalue weighted by molar-refractivity contribution is 7.90. The Morgan fingerprint density at radius 2 is 1.62 bits per heavy atom. The van der Waals surface area contributed by atoms with Gasteiger partial charge in [0.15, 0.2) is 23.1 Å². The van der Waals surface area contributed by atoms with E-state index < -0.39 is 38.4 Å². The molecule has 0 aliphatic carbocycles. The van der Waals surface area contributed by atoms with E-state index >= 15 is 0 Å². The minimum absolute atomic E-state index is 0.0616. The molecule has 40 heavy (non-hydrogen) atoms. The number of anilines is 2. The van der Waals surface area contributed by atoms with Gasteiger partial charge in [-0.1, -0.05) is 0 Å². The molecule has 0 unspecified atom stereocenters. The Morgan fingerprint density at radius 3 is 2.25 bits per heavy atom. The van der Waals surface area contributed by atoms with E-state index in [4.69, 9.17) is 9.47 Å². The summed E-state index contributed by atoms with van der Waals surface area (Å²) < 4.78 is 64.6. The first kappa shape index (κ1) is 28.2. The molecule has 3 aromatic carbocycles. The number of ether oxygens (including phenoxy) is 2. The molecule has 0 fully saturated rings. The predicted molar refractivity (Wildman–Crippen MR) is 142 cm³/mol. The van der Waals surface area contributed by atoms with Crippen molar-refractivity contribution < 1.29 is 36.3 Å². The molecule has 0 radical (unpaired) electrons. The van der Waals surface area contributed by atoms with Gasteiger partial charge in [-0.2, -0.15) is 0 Å². The Kier molecular flexibility index (Phi) is 8.39. The van der Waals surface area contributed by atoms with Crippen LogP contribution in [0.3, 0.4) is 0 Å². The molecule has 4 rings (SSSR count). The summed E-state index contributed by atoms with van der Waals surface area (Å²) in [6, 6.07) is 15.7. The summed E-state index contributed by atoms with van der Waals surface area (Å²) in [6.07, 6.45) is 2.94. The number of sulfonamides is 1. The number of hydrogen-bond acceptors (Lipinski definition) is 7. The number of pyridine rings is 1. The van der Waals surface area contributed by atoms with Gasteiger partial charge in [0, 0.05) is 29.7 Å². The van der Waals surface area contributed by atoms with Gasteiger partial charge in [-0.05, 0) is 73.7 Å². The standard InChI is InChI=1S/C28H23F2N3O6S/c1-3-39-26-15-21(10-13-25(26)38-2)33(28(35)19-5-4-14-31-17-19)20-8-6-18(7-9-20)27(34)32-40(36,37)22-11-12-23(29)24(30)16-22/h4-17H,3H2,1-2H3,(H,32,34). The maximum atomic E-state index is 13.6. The number of benzene rings is 3. The third kappa shape index (κ3) is 6.07. The minimum atomic E-state index is -4.49. The number of nitrogens with zero attached hydrogens (tertiary/aromatic N) is 2. The number of hydrogen-bond donors (Lipinski definition) is 1. The van der Waals surface area contributed by atoms with Crippen LogP contribution in [0.1, 0.15) is 27.6 Å². The maximum absolute atomic E-state index is 13.6. The lowest BCUT2D eigenvalue weighted by molar-refractivity contribution is 0.0979. The average molecular weight is 568 g/mol. The molecule has 2 amide bonds. The largest absolute Gasteiger partial charge is 0.493 e. The van der Waals surface area contributed by atoms with Crippen LogP contribution < -0.4 is 19.1 Å². The van der Waals surface area contributed by atoms with Crippen LogP contribution >= 0.6 is 0 Å². The van der Waals surface area contributed by atoms with Gasteiger partial charge in [0.1, 0.15) is 0 Å². The zero-order chi connectivity index (χ0) is 28.9. The van der Waals surface area contributed by atoms with Crippen LogP contribution in [0.2, 0.25) is 0 Å². The van der Waals surface area contributed by atoms with Crippen LogP contribution in [0.25, 0.3) is 0 Å². The summed E-state index contributed by atoms with van der Waals surface area (Å²) in [4.78, 5) is 31.1. The van der Waals surface area contributed by atoms with E-state index in [-0.39, 0.29) is 11.1 Å². The van der Waals surface area contributed by atoms with E-state index in [0.717, 1.165) is 6.07 Å². The molecule has 206 valence electrons. The third-order valence-electron chi connectivity index (χ3n) is 5.63. The molecular weight excluding hydrogens is 544 g/mol. The second-order valence-corrected chi connectivity index (χ2v) is 9.89. The number of halogens is 2. The van der Waals surface area contributed by atoms with E-state index in [2.05, 4.69) is 4.98 Å². The maximum Gasteiger partial charge on any atom is 0.264 e. The first-order valence-corrected chi connectivity index (χ1v) is 13.3. The third-order valence-corrected chi connectivity index (χ3v) is 6.96. The molecule has 9 nitrogen and oxygen atoms in total. The molecule has 0 spiro atoms. The first-order chi connectivity index (χ1) is 19.1. The fourth-order valence-corrected chi connectivity index (χ4v) is 4.71. The van der Waals surface area contributed by atoms with Crippen LogP contribution in [0, 0.1) is 11.6 Å². The predicted octanol–water partition coefficient (Wildman–Crippen LogP) is 4.86. The van der Waals surface area contributed by atoms with Crippen LogP contribution in [0.4, 0.5) is 20.2 Å². The van der Waals surface area contributed by atoms with Gasteiger partial charge < -0.3 is 9.47 Å². The Hall–Kier alpha value is -4.84.